The van der Waals surface area contributed by atoms with E-state index in [1.54, 1.807) is 6.07 Å². The van der Waals surface area contributed by atoms with Gasteiger partial charge in [-0.1, -0.05) is 0 Å². The van der Waals surface area contributed by atoms with E-state index >= 15 is 0 Å². The van der Waals surface area contributed by atoms with Crippen molar-refractivity contribution in [3.63, 3.8) is 0 Å². The molecule has 1 aliphatic carbocycles. The van der Waals surface area contributed by atoms with Gasteiger partial charge in [-0.05, 0) is 37.5 Å². The summed E-state index contributed by atoms with van der Waals surface area (Å²) in [6, 6.07) is 5.04. The predicted octanol–water partition coefficient (Wildman–Crippen LogP) is 2.14. The molecule has 1 fully saturated rings. The lowest BCUT2D eigenvalue weighted by molar-refractivity contribution is -0.115. The molecule has 0 aromatic heterocycles. The predicted molar refractivity (Wildman–Crippen MR) is 60.0 cm³/mol. The molecule has 0 bridgehead atoms. The Bertz CT molecular complexity index is 443. The van der Waals surface area contributed by atoms with E-state index in [0.29, 0.717) is 18.3 Å². The van der Waals surface area contributed by atoms with Gasteiger partial charge in [0.05, 0.1) is 17.9 Å². The van der Waals surface area contributed by atoms with Crippen LogP contribution in [0.25, 0.3) is 0 Å². The number of hydrogen-bond acceptors (Lipinski definition) is 2. The maximum atomic E-state index is 13.1. The van der Waals surface area contributed by atoms with Gasteiger partial charge < -0.3 is 10.2 Å². The summed E-state index contributed by atoms with van der Waals surface area (Å²) >= 11 is 0. The minimum atomic E-state index is -0.311. The van der Waals surface area contributed by atoms with Crippen LogP contribution in [-0.4, -0.2) is 18.5 Å². The second kappa shape index (κ2) is 3.47. The number of rotatable bonds is 1. The van der Waals surface area contributed by atoms with Crippen molar-refractivity contribution in [2.24, 2.45) is 0 Å². The molecule has 2 aliphatic rings. The summed E-state index contributed by atoms with van der Waals surface area (Å²) in [5, 5.41) is 2.71. The molecule has 0 atom stereocenters. The van der Waals surface area contributed by atoms with Crippen molar-refractivity contribution < 1.29 is 9.18 Å². The van der Waals surface area contributed by atoms with Gasteiger partial charge in [-0.25, -0.2) is 4.39 Å². The van der Waals surface area contributed by atoms with Gasteiger partial charge in [0.15, 0.2) is 0 Å². The third-order valence-corrected chi connectivity index (χ3v) is 3.37. The number of anilines is 2. The molecule has 1 aliphatic heterocycles. The van der Waals surface area contributed by atoms with Crippen LogP contribution in [0.1, 0.15) is 19.3 Å². The summed E-state index contributed by atoms with van der Waals surface area (Å²) in [4.78, 5) is 13.6. The molecule has 0 radical (unpaired) electrons. The Labute approximate surface area is 93.2 Å². The number of fused-ring (bicyclic) bond motifs is 1. The summed E-state index contributed by atoms with van der Waals surface area (Å²) in [5.41, 5.74) is 1.55. The van der Waals surface area contributed by atoms with Crippen LogP contribution in [-0.2, 0) is 4.79 Å². The van der Waals surface area contributed by atoms with Crippen molar-refractivity contribution in [2.45, 2.75) is 25.3 Å². The average Bonchev–Trinajstić information content (AvgIpc) is 2.13. The van der Waals surface area contributed by atoms with Crippen LogP contribution in [0.2, 0.25) is 0 Å². The average molecular weight is 220 g/mol. The third kappa shape index (κ3) is 1.45. The van der Waals surface area contributed by atoms with Crippen LogP contribution in [0.5, 0.6) is 0 Å². The molecule has 84 valence electrons. The van der Waals surface area contributed by atoms with Gasteiger partial charge in [0.25, 0.3) is 0 Å². The highest BCUT2D eigenvalue weighted by atomic mass is 19.1. The third-order valence-electron chi connectivity index (χ3n) is 3.37. The first-order chi connectivity index (χ1) is 7.74. The molecule has 3 rings (SSSR count). The number of nitrogens with one attached hydrogen (secondary N) is 1. The van der Waals surface area contributed by atoms with Gasteiger partial charge in [0.2, 0.25) is 5.91 Å². The van der Waals surface area contributed by atoms with Crippen LogP contribution >= 0.6 is 0 Å². The second-order valence-corrected chi connectivity index (χ2v) is 4.42. The standard InChI is InChI=1S/C12H13FN2O/c13-8-4-5-11-10(6-8)14-12(16)7-15(11)9-2-1-3-9/h4-6,9H,1-3,7H2,(H,14,16). The molecular weight excluding hydrogens is 207 g/mol. The summed E-state index contributed by atoms with van der Waals surface area (Å²) in [7, 11) is 0. The van der Waals surface area contributed by atoms with Crippen molar-refractivity contribution in [2.75, 3.05) is 16.8 Å². The van der Waals surface area contributed by atoms with Crippen molar-refractivity contribution in [1.82, 2.24) is 0 Å². The Kier molecular flexibility index (Phi) is 2.09. The van der Waals surface area contributed by atoms with E-state index < -0.39 is 0 Å². The number of benzene rings is 1. The van der Waals surface area contributed by atoms with Gasteiger partial charge >= 0.3 is 0 Å². The smallest absolute Gasteiger partial charge is 0.243 e. The SMILES string of the molecule is O=C1CN(C2CCC2)c2ccc(F)cc2N1. The van der Waals surface area contributed by atoms with Gasteiger partial charge in [-0.3, -0.25) is 4.79 Å². The maximum absolute atomic E-state index is 13.1. The lowest BCUT2D eigenvalue weighted by Crippen LogP contribution is -2.47. The first-order valence-electron chi connectivity index (χ1n) is 5.60. The normalized spacial score (nSPS) is 20.1. The largest absolute Gasteiger partial charge is 0.358 e. The van der Waals surface area contributed by atoms with Crippen LogP contribution in [0.3, 0.4) is 0 Å². The van der Waals surface area contributed by atoms with Gasteiger partial charge in [-0.15, -0.1) is 0 Å². The Hall–Kier alpha value is -1.58. The minimum Gasteiger partial charge on any atom is -0.358 e. The lowest BCUT2D eigenvalue weighted by atomic mass is 9.90. The van der Waals surface area contributed by atoms with Crippen LogP contribution in [0.4, 0.5) is 15.8 Å². The number of hydrogen-bond donors (Lipinski definition) is 1. The quantitative estimate of drug-likeness (QED) is 0.786. The number of amides is 1. The Balaban J connectivity index is 2.00. The number of carbonyl (C=O) groups excluding carboxylic acids is 1. The van der Waals surface area contributed by atoms with Crippen LogP contribution in [0.15, 0.2) is 18.2 Å². The zero-order chi connectivity index (χ0) is 11.1. The van der Waals surface area contributed by atoms with Crippen LogP contribution < -0.4 is 10.2 Å². The molecule has 1 heterocycles. The Morgan fingerprint density at radius 2 is 2.19 bits per heavy atom. The zero-order valence-corrected chi connectivity index (χ0v) is 8.87. The van der Waals surface area contributed by atoms with E-state index in [9.17, 15) is 9.18 Å². The number of carbonyl (C=O) groups is 1. The first kappa shape index (κ1) is 9.63. The van der Waals surface area contributed by atoms with Crippen molar-refractivity contribution in [3.8, 4) is 0 Å². The molecule has 1 amide bonds. The molecule has 16 heavy (non-hydrogen) atoms. The highest BCUT2D eigenvalue weighted by molar-refractivity contribution is 6.01. The Morgan fingerprint density at radius 3 is 2.88 bits per heavy atom. The monoisotopic (exact) mass is 220 g/mol. The van der Waals surface area contributed by atoms with Gasteiger partial charge in [0.1, 0.15) is 5.82 Å². The van der Waals surface area contributed by atoms with Crippen molar-refractivity contribution >= 4 is 17.3 Å². The summed E-state index contributed by atoms with van der Waals surface area (Å²) in [6.07, 6.45) is 3.48. The fraction of sp³-hybridized carbons (Fsp3) is 0.417. The topological polar surface area (TPSA) is 32.3 Å². The first-order valence-corrected chi connectivity index (χ1v) is 5.60. The minimum absolute atomic E-state index is 0.0509. The summed E-state index contributed by atoms with van der Waals surface area (Å²) < 4.78 is 13.1. The highest BCUT2D eigenvalue weighted by Crippen LogP contribution is 2.36. The molecule has 0 unspecified atom stereocenters. The van der Waals surface area contributed by atoms with E-state index in [1.165, 1.54) is 18.6 Å². The van der Waals surface area contributed by atoms with Crippen LogP contribution in [0, 0.1) is 5.82 Å². The van der Waals surface area contributed by atoms with Gasteiger partial charge in [-0.2, -0.15) is 0 Å². The summed E-state index contributed by atoms with van der Waals surface area (Å²) in [6.45, 7) is 0.392. The second-order valence-electron chi connectivity index (χ2n) is 4.42. The molecule has 1 saturated carbocycles. The van der Waals surface area contributed by atoms with Gasteiger partial charge in [0, 0.05) is 6.04 Å². The molecule has 0 spiro atoms. The fourth-order valence-corrected chi connectivity index (χ4v) is 2.31. The van der Waals surface area contributed by atoms with E-state index in [4.69, 9.17) is 0 Å². The highest BCUT2D eigenvalue weighted by Gasteiger charge is 2.31. The molecule has 0 saturated heterocycles. The fourth-order valence-electron chi connectivity index (χ4n) is 2.31. The molecule has 3 nitrogen and oxygen atoms in total. The van der Waals surface area contributed by atoms with E-state index in [-0.39, 0.29) is 11.7 Å². The lowest BCUT2D eigenvalue weighted by Gasteiger charge is -2.41. The number of nitrogens with zero attached hydrogens (tertiary/aromatic N) is 1. The number of halogens is 1. The molecular formula is C12H13FN2O. The molecule has 1 N–H and O–H groups in total. The Morgan fingerprint density at radius 1 is 1.38 bits per heavy atom. The summed E-state index contributed by atoms with van der Waals surface area (Å²) in [5.74, 6) is -0.362. The van der Waals surface area contributed by atoms with E-state index in [2.05, 4.69) is 10.2 Å². The van der Waals surface area contributed by atoms with E-state index in [0.717, 1.165) is 18.5 Å². The van der Waals surface area contributed by atoms with Crippen molar-refractivity contribution in [3.05, 3.63) is 24.0 Å². The molecule has 1 aromatic carbocycles. The maximum Gasteiger partial charge on any atom is 0.243 e. The zero-order valence-electron chi connectivity index (χ0n) is 8.87. The molecule has 4 heteroatoms. The molecule has 1 aromatic rings. The van der Waals surface area contributed by atoms with Crippen molar-refractivity contribution in [1.29, 1.82) is 0 Å². The van der Waals surface area contributed by atoms with E-state index in [1.807, 2.05) is 0 Å².